The van der Waals surface area contributed by atoms with Crippen LogP contribution in [0.3, 0.4) is 0 Å². The maximum absolute atomic E-state index is 12.6. The second-order valence-corrected chi connectivity index (χ2v) is 9.46. The highest BCUT2D eigenvalue weighted by Gasteiger charge is 2.19. The van der Waals surface area contributed by atoms with E-state index in [1.807, 2.05) is 63.4 Å². The highest BCUT2D eigenvalue weighted by atomic mass is 16.6. The average Bonchev–Trinajstić information content (AvgIpc) is 2.91. The second-order valence-electron chi connectivity index (χ2n) is 9.46. The third-order valence-electron chi connectivity index (χ3n) is 5.70. The normalized spacial score (nSPS) is 12.1. The molecule has 1 atom stereocenters. The first kappa shape index (κ1) is 30.9. The molecular formula is C29H43N3O6. The molecular weight excluding hydrogens is 486 g/mol. The number of hydrogen-bond donors (Lipinski definition) is 0. The van der Waals surface area contributed by atoms with Crippen molar-refractivity contribution in [2.75, 3.05) is 68.7 Å². The lowest BCUT2D eigenvalue weighted by molar-refractivity contribution is 0.0392. The predicted molar refractivity (Wildman–Crippen MR) is 150 cm³/mol. The van der Waals surface area contributed by atoms with Crippen molar-refractivity contribution in [2.45, 2.75) is 31.8 Å². The molecule has 0 amide bonds. The van der Waals surface area contributed by atoms with Gasteiger partial charge in [-0.2, -0.15) is 0 Å². The zero-order valence-electron chi connectivity index (χ0n) is 23.6. The molecule has 1 unspecified atom stereocenters. The molecule has 0 heterocycles. The van der Waals surface area contributed by atoms with Crippen LogP contribution in [-0.2, 0) is 9.57 Å². The van der Waals surface area contributed by atoms with E-state index in [0.717, 1.165) is 44.3 Å². The van der Waals surface area contributed by atoms with Crippen LogP contribution in [0.25, 0.3) is 0 Å². The van der Waals surface area contributed by atoms with Gasteiger partial charge in [-0.3, -0.25) is 0 Å². The van der Waals surface area contributed by atoms with Gasteiger partial charge in [-0.05, 0) is 71.6 Å². The Kier molecular flexibility index (Phi) is 14.0. The summed E-state index contributed by atoms with van der Waals surface area (Å²) < 4.78 is 22.4. The van der Waals surface area contributed by atoms with E-state index < -0.39 is 5.97 Å². The lowest BCUT2D eigenvalue weighted by atomic mass is 10.1. The fourth-order valence-corrected chi connectivity index (χ4v) is 3.65. The number of benzene rings is 2. The van der Waals surface area contributed by atoms with Crippen molar-refractivity contribution >= 4 is 12.2 Å². The number of hydrogen-bond acceptors (Lipinski definition) is 9. The van der Waals surface area contributed by atoms with Gasteiger partial charge in [0.15, 0.2) is 11.5 Å². The van der Waals surface area contributed by atoms with E-state index >= 15 is 0 Å². The van der Waals surface area contributed by atoms with E-state index in [1.54, 1.807) is 25.5 Å². The highest BCUT2D eigenvalue weighted by Crippen LogP contribution is 2.38. The Morgan fingerprint density at radius 2 is 1.61 bits per heavy atom. The quantitative estimate of drug-likeness (QED) is 0.122. The number of methoxy groups -OCH3 is 2. The van der Waals surface area contributed by atoms with Gasteiger partial charge in [0.05, 0.1) is 39.2 Å². The van der Waals surface area contributed by atoms with Crippen LogP contribution in [0, 0.1) is 0 Å². The van der Waals surface area contributed by atoms with Crippen LogP contribution in [0.15, 0.2) is 47.6 Å². The maximum atomic E-state index is 12.6. The van der Waals surface area contributed by atoms with Crippen LogP contribution < -0.4 is 14.2 Å². The van der Waals surface area contributed by atoms with Crippen LogP contribution in [0.2, 0.25) is 0 Å². The molecule has 0 saturated heterocycles. The molecule has 0 aliphatic carbocycles. The Morgan fingerprint density at radius 3 is 2.26 bits per heavy atom. The molecule has 210 valence electrons. The molecule has 0 bridgehead atoms. The van der Waals surface area contributed by atoms with Crippen LogP contribution in [0.1, 0.15) is 41.6 Å². The minimum absolute atomic E-state index is 0.0547. The summed E-state index contributed by atoms with van der Waals surface area (Å²) in [6.45, 7) is 2.47. The molecule has 0 saturated carbocycles. The molecule has 0 N–H and O–H groups in total. The SMILES string of the molecule is COc1cc(C(=O)OCCCN(C)C)cc(OCCCC(CCN(C)C)O/N=C/c2ccccc2)c1OC. The molecule has 9 heteroatoms. The Labute approximate surface area is 227 Å². The Hall–Kier alpha value is -3.30. The van der Waals surface area contributed by atoms with Gasteiger partial charge in [-0.25, -0.2) is 4.79 Å². The third-order valence-corrected chi connectivity index (χ3v) is 5.70. The third kappa shape index (κ3) is 11.4. The first-order chi connectivity index (χ1) is 18.3. The number of rotatable bonds is 18. The zero-order chi connectivity index (χ0) is 27.8. The van der Waals surface area contributed by atoms with E-state index in [9.17, 15) is 4.79 Å². The largest absolute Gasteiger partial charge is 0.493 e. The standard InChI is InChI=1S/C29H43N3O6/c1-31(2)16-11-19-37-29(33)24-20-26(34-5)28(35-6)27(21-24)36-18-10-14-25(15-17-32(3)4)38-30-22-23-12-8-7-9-13-23/h7-9,12-13,20-22,25H,10-11,14-19H2,1-6H3/b30-22+. The topological polar surface area (TPSA) is 82.1 Å². The van der Waals surface area contributed by atoms with E-state index in [4.69, 9.17) is 23.8 Å². The van der Waals surface area contributed by atoms with Gasteiger partial charge in [-0.1, -0.05) is 35.5 Å². The van der Waals surface area contributed by atoms with Gasteiger partial charge in [0.1, 0.15) is 6.10 Å². The predicted octanol–water partition coefficient (Wildman–Crippen LogP) is 4.34. The van der Waals surface area contributed by atoms with Crippen molar-refractivity contribution < 1.29 is 28.6 Å². The van der Waals surface area contributed by atoms with Crippen molar-refractivity contribution in [2.24, 2.45) is 5.16 Å². The Morgan fingerprint density at radius 1 is 0.895 bits per heavy atom. The molecule has 0 fully saturated rings. The molecule has 0 spiro atoms. The fraction of sp³-hybridized carbons (Fsp3) is 0.517. The molecule has 9 nitrogen and oxygen atoms in total. The lowest BCUT2D eigenvalue weighted by Crippen LogP contribution is -2.21. The molecule has 38 heavy (non-hydrogen) atoms. The van der Waals surface area contributed by atoms with E-state index in [-0.39, 0.29) is 6.10 Å². The summed E-state index contributed by atoms with van der Waals surface area (Å²) in [6.07, 6.45) is 4.74. The van der Waals surface area contributed by atoms with Crippen molar-refractivity contribution in [3.8, 4) is 17.2 Å². The molecule has 0 aromatic heterocycles. The van der Waals surface area contributed by atoms with Gasteiger partial charge in [-0.15, -0.1) is 0 Å². The van der Waals surface area contributed by atoms with E-state index in [2.05, 4.69) is 10.1 Å². The maximum Gasteiger partial charge on any atom is 0.338 e. The van der Waals surface area contributed by atoms with E-state index in [0.29, 0.717) is 36.0 Å². The number of ether oxygens (including phenoxy) is 4. The minimum Gasteiger partial charge on any atom is -0.493 e. The van der Waals surface area contributed by atoms with Crippen LogP contribution in [0.5, 0.6) is 17.2 Å². The van der Waals surface area contributed by atoms with Crippen LogP contribution in [0.4, 0.5) is 0 Å². The summed E-state index contributed by atoms with van der Waals surface area (Å²) >= 11 is 0. The van der Waals surface area contributed by atoms with Gasteiger partial charge in [0.2, 0.25) is 5.75 Å². The first-order valence-electron chi connectivity index (χ1n) is 12.9. The average molecular weight is 530 g/mol. The summed E-state index contributed by atoms with van der Waals surface area (Å²) in [4.78, 5) is 22.6. The molecule has 0 radical (unpaired) electrons. The molecule has 0 aliphatic rings. The number of oxime groups is 1. The molecule has 0 aliphatic heterocycles. The molecule has 2 rings (SSSR count). The number of esters is 1. The van der Waals surface area contributed by atoms with Crippen LogP contribution in [-0.4, -0.2) is 96.8 Å². The Balaban J connectivity index is 1.98. The van der Waals surface area contributed by atoms with Gasteiger partial charge in [0, 0.05) is 13.1 Å². The monoisotopic (exact) mass is 529 g/mol. The summed E-state index contributed by atoms with van der Waals surface area (Å²) in [6, 6.07) is 13.1. The first-order valence-corrected chi connectivity index (χ1v) is 12.9. The minimum atomic E-state index is -0.428. The van der Waals surface area contributed by atoms with Crippen molar-refractivity contribution in [1.82, 2.24) is 9.80 Å². The number of nitrogens with zero attached hydrogens (tertiary/aromatic N) is 3. The van der Waals surface area contributed by atoms with Crippen molar-refractivity contribution in [3.63, 3.8) is 0 Å². The molecule has 2 aromatic carbocycles. The van der Waals surface area contributed by atoms with E-state index in [1.165, 1.54) is 7.11 Å². The smallest absolute Gasteiger partial charge is 0.338 e. The lowest BCUT2D eigenvalue weighted by Gasteiger charge is -2.18. The Bertz CT molecular complexity index is 982. The summed E-state index contributed by atoms with van der Waals surface area (Å²) in [5.74, 6) is 0.847. The summed E-state index contributed by atoms with van der Waals surface area (Å²) in [5.41, 5.74) is 1.34. The fourth-order valence-electron chi connectivity index (χ4n) is 3.65. The van der Waals surface area contributed by atoms with Gasteiger partial charge < -0.3 is 33.6 Å². The van der Waals surface area contributed by atoms with Crippen LogP contribution >= 0.6 is 0 Å². The van der Waals surface area contributed by atoms with Gasteiger partial charge >= 0.3 is 5.97 Å². The van der Waals surface area contributed by atoms with Gasteiger partial charge in [0.25, 0.3) is 0 Å². The van der Waals surface area contributed by atoms with Crippen molar-refractivity contribution in [1.29, 1.82) is 0 Å². The zero-order valence-corrected chi connectivity index (χ0v) is 23.6. The summed E-state index contributed by atoms with van der Waals surface area (Å²) in [7, 11) is 11.1. The molecule has 2 aromatic rings. The van der Waals surface area contributed by atoms with Crippen molar-refractivity contribution in [3.05, 3.63) is 53.6 Å². The summed E-state index contributed by atoms with van der Waals surface area (Å²) in [5, 5.41) is 4.20. The highest BCUT2D eigenvalue weighted by molar-refractivity contribution is 5.91. The second kappa shape index (κ2) is 17.3. The number of carbonyl (C=O) groups is 1. The number of carbonyl (C=O) groups excluding carboxylic acids is 1.